The molecule has 1 amide bonds. The number of benzene rings is 2. The quantitative estimate of drug-likeness (QED) is 0.407. The zero-order chi connectivity index (χ0) is 19.1. The normalized spacial score (nSPS) is 10.3. The van der Waals surface area contributed by atoms with Crippen LogP contribution in [0.3, 0.4) is 0 Å². The number of halogens is 1. The highest BCUT2D eigenvalue weighted by Crippen LogP contribution is 2.17. The first-order valence-electron chi connectivity index (χ1n) is 8.08. The molecule has 3 rings (SSSR count). The molecule has 3 aromatic rings. The minimum absolute atomic E-state index is 0.0213. The number of anilines is 1. The summed E-state index contributed by atoms with van der Waals surface area (Å²) in [6.45, 7) is -0.260. The average Bonchev–Trinajstić information content (AvgIpc) is 3.16. The zero-order valence-electron chi connectivity index (χ0n) is 14.2. The summed E-state index contributed by atoms with van der Waals surface area (Å²) in [6.07, 6.45) is 1.38. The number of amides is 1. The number of carbonyl (C=O) groups is 2. The molecule has 2 aromatic carbocycles. The van der Waals surface area contributed by atoms with E-state index in [1.54, 1.807) is 18.2 Å². The van der Waals surface area contributed by atoms with Gasteiger partial charge < -0.3 is 19.2 Å². The van der Waals surface area contributed by atoms with Gasteiger partial charge in [-0.25, -0.2) is 4.79 Å². The van der Waals surface area contributed by atoms with Gasteiger partial charge in [-0.05, 0) is 65.1 Å². The van der Waals surface area contributed by atoms with Crippen molar-refractivity contribution in [1.82, 2.24) is 0 Å². The van der Waals surface area contributed by atoms with E-state index in [0.717, 1.165) is 3.57 Å². The summed E-state index contributed by atoms with van der Waals surface area (Å²) in [6, 6.07) is 18.1. The van der Waals surface area contributed by atoms with Crippen molar-refractivity contribution in [3.63, 3.8) is 0 Å². The second kappa shape index (κ2) is 9.22. The van der Waals surface area contributed by atoms with Crippen LogP contribution in [0.15, 0.2) is 71.3 Å². The molecule has 6 nitrogen and oxygen atoms in total. The van der Waals surface area contributed by atoms with Gasteiger partial charge in [0.25, 0.3) is 5.91 Å². The number of carbonyl (C=O) groups excluding carboxylic acids is 2. The summed E-state index contributed by atoms with van der Waals surface area (Å²) in [4.78, 5) is 24.1. The predicted molar refractivity (Wildman–Crippen MR) is 108 cm³/mol. The summed E-state index contributed by atoms with van der Waals surface area (Å²) < 4.78 is 16.9. The molecule has 7 heteroatoms. The monoisotopic (exact) mass is 477 g/mol. The maximum Gasteiger partial charge on any atom is 0.375 e. The molecule has 1 aromatic heterocycles. The molecule has 0 atom stereocenters. The van der Waals surface area contributed by atoms with Crippen molar-refractivity contribution in [2.75, 3.05) is 11.9 Å². The first kappa shape index (κ1) is 19.0. The number of esters is 1. The van der Waals surface area contributed by atoms with Gasteiger partial charge in [0.05, 0.1) is 6.26 Å². The van der Waals surface area contributed by atoms with Crippen LogP contribution >= 0.6 is 22.6 Å². The highest BCUT2D eigenvalue weighted by molar-refractivity contribution is 14.1. The van der Waals surface area contributed by atoms with Gasteiger partial charge in [-0.2, -0.15) is 0 Å². The smallest absolute Gasteiger partial charge is 0.375 e. The lowest BCUT2D eigenvalue weighted by atomic mass is 10.2. The first-order chi connectivity index (χ1) is 13.1. The second-order valence-electron chi connectivity index (χ2n) is 5.51. The molecule has 0 aliphatic heterocycles. The Balaban J connectivity index is 1.51. The highest BCUT2D eigenvalue weighted by atomic mass is 127. The molecular formula is C20H16INO5. The molecule has 27 heavy (non-hydrogen) atoms. The molecule has 0 bridgehead atoms. The topological polar surface area (TPSA) is 77.8 Å². The molecular weight excluding hydrogens is 461 g/mol. The van der Waals surface area contributed by atoms with E-state index in [2.05, 4.69) is 27.9 Å². The van der Waals surface area contributed by atoms with Crippen molar-refractivity contribution in [2.45, 2.75) is 6.61 Å². The van der Waals surface area contributed by atoms with Crippen LogP contribution in [0.4, 0.5) is 5.69 Å². The number of hydrogen-bond donors (Lipinski definition) is 1. The Morgan fingerprint density at radius 2 is 1.74 bits per heavy atom. The van der Waals surface area contributed by atoms with Crippen LogP contribution in [-0.2, 0) is 16.1 Å². The van der Waals surface area contributed by atoms with Crippen LogP contribution in [0, 0.1) is 3.57 Å². The molecule has 0 saturated carbocycles. The number of rotatable bonds is 7. The minimum atomic E-state index is -0.718. The maximum absolute atomic E-state index is 12.2. The average molecular weight is 477 g/mol. The van der Waals surface area contributed by atoms with E-state index < -0.39 is 18.5 Å². The number of nitrogens with one attached hydrogen (secondary N) is 1. The molecule has 0 aliphatic rings. The van der Waals surface area contributed by atoms with Crippen LogP contribution in [0.1, 0.15) is 16.1 Å². The van der Waals surface area contributed by atoms with Crippen LogP contribution in [0.2, 0.25) is 0 Å². The van der Waals surface area contributed by atoms with Gasteiger partial charge in [0.2, 0.25) is 5.76 Å². The highest BCUT2D eigenvalue weighted by Gasteiger charge is 2.18. The van der Waals surface area contributed by atoms with Crippen molar-refractivity contribution in [3.8, 4) is 5.75 Å². The number of hydrogen-bond acceptors (Lipinski definition) is 5. The van der Waals surface area contributed by atoms with Gasteiger partial charge in [-0.3, -0.25) is 4.79 Å². The molecule has 0 fully saturated rings. The van der Waals surface area contributed by atoms with Gasteiger partial charge in [-0.1, -0.05) is 18.2 Å². The van der Waals surface area contributed by atoms with Crippen molar-refractivity contribution in [2.24, 2.45) is 0 Å². The molecule has 0 spiro atoms. The van der Waals surface area contributed by atoms with Crippen molar-refractivity contribution < 1.29 is 23.5 Å². The van der Waals surface area contributed by atoms with Gasteiger partial charge in [-0.15, -0.1) is 0 Å². The fourth-order valence-electron chi connectivity index (χ4n) is 2.23. The van der Waals surface area contributed by atoms with Crippen LogP contribution in [0.25, 0.3) is 0 Å². The first-order valence-corrected chi connectivity index (χ1v) is 9.16. The van der Waals surface area contributed by atoms with Crippen LogP contribution in [0.5, 0.6) is 5.75 Å². The third kappa shape index (κ3) is 5.58. The Kier molecular flexibility index (Phi) is 6.48. The molecule has 1 heterocycles. The third-order valence-electron chi connectivity index (χ3n) is 3.53. The van der Waals surface area contributed by atoms with Gasteiger partial charge in [0.1, 0.15) is 12.4 Å². The lowest BCUT2D eigenvalue weighted by molar-refractivity contribution is -0.119. The van der Waals surface area contributed by atoms with Crippen LogP contribution in [-0.4, -0.2) is 18.5 Å². The zero-order valence-corrected chi connectivity index (χ0v) is 16.3. The summed E-state index contributed by atoms with van der Waals surface area (Å²) >= 11 is 2.17. The molecule has 0 radical (unpaired) electrons. The lowest BCUT2D eigenvalue weighted by Crippen LogP contribution is -2.21. The van der Waals surface area contributed by atoms with Gasteiger partial charge >= 0.3 is 5.97 Å². The Hall–Kier alpha value is -2.81. The molecule has 0 unspecified atom stereocenters. The van der Waals surface area contributed by atoms with E-state index in [9.17, 15) is 9.59 Å². The van der Waals surface area contributed by atoms with Gasteiger partial charge in [0.15, 0.2) is 6.61 Å². The molecule has 1 N–H and O–H groups in total. The van der Waals surface area contributed by atoms with E-state index in [0.29, 0.717) is 17.0 Å². The summed E-state index contributed by atoms with van der Waals surface area (Å²) in [7, 11) is 0. The van der Waals surface area contributed by atoms with Crippen molar-refractivity contribution in [1.29, 1.82) is 0 Å². The third-order valence-corrected chi connectivity index (χ3v) is 4.25. The van der Waals surface area contributed by atoms with E-state index >= 15 is 0 Å². The minimum Gasteiger partial charge on any atom is -0.489 e. The van der Waals surface area contributed by atoms with Gasteiger partial charge in [0, 0.05) is 14.8 Å². The number of furan rings is 1. The Morgan fingerprint density at radius 1 is 1.00 bits per heavy atom. The Morgan fingerprint density at radius 3 is 2.48 bits per heavy atom. The molecule has 0 aliphatic carbocycles. The van der Waals surface area contributed by atoms with E-state index in [-0.39, 0.29) is 12.4 Å². The van der Waals surface area contributed by atoms with E-state index in [1.807, 2.05) is 42.5 Å². The standard InChI is InChI=1S/C20H16INO5/c21-15-6-8-16(9-7-15)22-18(23)13-27-20(24)19-14(10-11-25-19)12-26-17-4-2-1-3-5-17/h1-11H,12-13H2,(H,22,23). The van der Waals surface area contributed by atoms with E-state index in [4.69, 9.17) is 13.9 Å². The Labute approximate surface area is 169 Å². The number of ether oxygens (including phenoxy) is 2. The lowest BCUT2D eigenvalue weighted by Gasteiger charge is -2.08. The summed E-state index contributed by atoms with van der Waals surface area (Å²) in [5.74, 6) is -0.453. The molecule has 138 valence electrons. The summed E-state index contributed by atoms with van der Waals surface area (Å²) in [5, 5.41) is 2.66. The van der Waals surface area contributed by atoms with Crippen molar-refractivity contribution >= 4 is 40.2 Å². The molecule has 0 saturated heterocycles. The summed E-state index contributed by atoms with van der Waals surface area (Å²) in [5.41, 5.74) is 1.17. The largest absolute Gasteiger partial charge is 0.489 e. The van der Waals surface area contributed by atoms with E-state index in [1.165, 1.54) is 6.26 Å². The number of para-hydroxylation sites is 1. The fraction of sp³-hybridized carbons (Fsp3) is 0.100. The second-order valence-corrected chi connectivity index (χ2v) is 6.75. The SMILES string of the molecule is O=C(COC(=O)c1occc1COc1ccccc1)Nc1ccc(I)cc1. The van der Waals surface area contributed by atoms with Crippen LogP contribution < -0.4 is 10.1 Å². The maximum atomic E-state index is 12.2. The van der Waals surface area contributed by atoms with Crippen molar-refractivity contribution in [3.05, 3.63) is 81.8 Å². The Bertz CT molecular complexity index is 906. The fourth-order valence-corrected chi connectivity index (χ4v) is 2.59. The predicted octanol–water partition coefficient (Wildman–Crippen LogP) is 4.26.